The summed E-state index contributed by atoms with van der Waals surface area (Å²) in [7, 11) is 0. The van der Waals surface area contributed by atoms with Crippen LogP contribution in [0.4, 0.5) is 4.39 Å². The topological polar surface area (TPSA) is 49.4 Å². The van der Waals surface area contributed by atoms with Crippen LogP contribution in [-0.2, 0) is 16.1 Å². The van der Waals surface area contributed by atoms with E-state index in [4.69, 9.17) is 0 Å². The highest BCUT2D eigenvalue weighted by atomic mass is 19.1. The predicted octanol–water partition coefficient (Wildman–Crippen LogP) is 1.06. The number of benzene rings is 1. The Morgan fingerprint density at radius 2 is 2.00 bits per heavy atom. The third-order valence-electron chi connectivity index (χ3n) is 3.09. The summed E-state index contributed by atoms with van der Waals surface area (Å²) in [4.78, 5) is 24.7. The zero-order chi connectivity index (χ0) is 13.1. The van der Waals surface area contributed by atoms with Crippen LogP contribution >= 0.6 is 0 Å². The summed E-state index contributed by atoms with van der Waals surface area (Å²) in [5.41, 5.74) is 0.922. The van der Waals surface area contributed by atoms with Crippen LogP contribution in [0.2, 0.25) is 0 Å². The van der Waals surface area contributed by atoms with Crippen LogP contribution in [0.15, 0.2) is 24.3 Å². The average molecular weight is 250 g/mol. The van der Waals surface area contributed by atoms with Gasteiger partial charge in [-0.15, -0.1) is 0 Å². The molecule has 0 radical (unpaired) electrons. The molecule has 1 aromatic carbocycles. The molecule has 1 aliphatic rings. The van der Waals surface area contributed by atoms with Crippen molar-refractivity contribution in [3.8, 4) is 0 Å². The van der Waals surface area contributed by atoms with Crippen molar-refractivity contribution in [2.75, 3.05) is 6.54 Å². The quantitative estimate of drug-likeness (QED) is 0.813. The number of amides is 2. The first-order valence-electron chi connectivity index (χ1n) is 5.92. The van der Waals surface area contributed by atoms with E-state index in [0.29, 0.717) is 13.1 Å². The van der Waals surface area contributed by atoms with Crippen molar-refractivity contribution in [1.29, 1.82) is 0 Å². The van der Waals surface area contributed by atoms with E-state index in [0.717, 1.165) is 5.56 Å². The Labute approximate surface area is 105 Å². The SMILES string of the molecule is CCN(Cc1ccc(F)cc1)C1CC(=O)NC1=O. The van der Waals surface area contributed by atoms with Gasteiger partial charge in [0.25, 0.3) is 0 Å². The van der Waals surface area contributed by atoms with E-state index in [2.05, 4.69) is 5.32 Å². The number of halogens is 1. The number of nitrogens with one attached hydrogen (secondary N) is 1. The second kappa shape index (κ2) is 5.27. The minimum absolute atomic E-state index is 0.202. The normalized spacial score (nSPS) is 19.4. The second-order valence-corrected chi connectivity index (χ2v) is 4.32. The molecule has 2 amide bonds. The first-order valence-corrected chi connectivity index (χ1v) is 5.92. The Balaban J connectivity index is 2.07. The summed E-state index contributed by atoms with van der Waals surface area (Å²) in [5.74, 6) is -0.762. The number of hydrogen-bond donors (Lipinski definition) is 1. The fourth-order valence-corrected chi connectivity index (χ4v) is 2.10. The lowest BCUT2D eigenvalue weighted by molar-refractivity contribution is -0.126. The molecule has 96 valence electrons. The highest BCUT2D eigenvalue weighted by molar-refractivity contribution is 6.05. The molecule has 4 nitrogen and oxygen atoms in total. The van der Waals surface area contributed by atoms with Crippen LogP contribution in [0.1, 0.15) is 18.9 Å². The molecule has 1 unspecified atom stereocenters. The van der Waals surface area contributed by atoms with Crippen LogP contribution < -0.4 is 5.32 Å². The van der Waals surface area contributed by atoms with E-state index in [9.17, 15) is 14.0 Å². The van der Waals surface area contributed by atoms with Gasteiger partial charge in [0.1, 0.15) is 5.82 Å². The lowest BCUT2D eigenvalue weighted by Gasteiger charge is -2.24. The zero-order valence-electron chi connectivity index (χ0n) is 10.1. The lowest BCUT2D eigenvalue weighted by atomic mass is 10.1. The van der Waals surface area contributed by atoms with Gasteiger partial charge in [0.05, 0.1) is 12.5 Å². The highest BCUT2D eigenvalue weighted by Crippen LogP contribution is 2.15. The zero-order valence-corrected chi connectivity index (χ0v) is 10.1. The van der Waals surface area contributed by atoms with Gasteiger partial charge in [-0.05, 0) is 24.2 Å². The summed E-state index contributed by atoms with van der Waals surface area (Å²) in [6.07, 6.45) is 0.202. The molecule has 0 aromatic heterocycles. The summed E-state index contributed by atoms with van der Waals surface area (Å²) < 4.78 is 12.8. The maximum atomic E-state index is 12.8. The van der Waals surface area contributed by atoms with Crippen molar-refractivity contribution < 1.29 is 14.0 Å². The number of carbonyl (C=O) groups excluding carboxylic acids is 2. The predicted molar refractivity (Wildman–Crippen MR) is 64.0 cm³/mol. The standard InChI is InChI=1S/C13H15FN2O2/c1-2-16(11-7-12(17)15-13(11)18)8-9-3-5-10(14)6-4-9/h3-6,11H,2,7-8H2,1H3,(H,15,17,18). The molecule has 0 spiro atoms. The fraction of sp³-hybridized carbons (Fsp3) is 0.385. The number of carbonyl (C=O) groups is 2. The first kappa shape index (κ1) is 12.7. The number of imide groups is 1. The molecule has 5 heteroatoms. The van der Waals surface area contributed by atoms with E-state index < -0.39 is 6.04 Å². The third-order valence-corrected chi connectivity index (χ3v) is 3.09. The van der Waals surface area contributed by atoms with E-state index in [1.165, 1.54) is 12.1 Å². The molecular formula is C13H15FN2O2. The Hall–Kier alpha value is -1.75. The van der Waals surface area contributed by atoms with Gasteiger partial charge in [-0.2, -0.15) is 0 Å². The number of rotatable bonds is 4. The van der Waals surface area contributed by atoms with Gasteiger partial charge in [-0.3, -0.25) is 19.8 Å². The van der Waals surface area contributed by atoms with Crippen molar-refractivity contribution >= 4 is 11.8 Å². The van der Waals surface area contributed by atoms with E-state index in [1.807, 2.05) is 11.8 Å². The Bertz CT molecular complexity index is 459. The Kier molecular flexibility index (Phi) is 3.72. The van der Waals surface area contributed by atoms with Crippen LogP contribution in [0.3, 0.4) is 0 Å². The van der Waals surface area contributed by atoms with Crippen LogP contribution in [0, 0.1) is 5.82 Å². The van der Waals surface area contributed by atoms with Crippen molar-refractivity contribution in [3.63, 3.8) is 0 Å². The molecule has 1 atom stereocenters. The van der Waals surface area contributed by atoms with Crippen molar-refractivity contribution in [3.05, 3.63) is 35.6 Å². The smallest absolute Gasteiger partial charge is 0.244 e. The minimum atomic E-state index is -0.410. The molecule has 0 bridgehead atoms. The number of nitrogens with zero attached hydrogens (tertiary/aromatic N) is 1. The van der Waals surface area contributed by atoms with Crippen LogP contribution in [-0.4, -0.2) is 29.3 Å². The van der Waals surface area contributed by atoms with Gasteiger partial charge in [-0.25, -0.2) is 4.39 Å². The molecular weight excluding hydrogens is 235 g/mol. The number of hydrogen-bond acceptors (Lipinski definition) is 3. The molecule has 1 aliphatic heterocycles. The van der Waals surface area contributed by atoms with Crippen LogP contribution in [0.25, 0.3) is 0 Å². The highest BCUT2D eigenvalue weighted by Gasteiger charge is 2.34. The molecule has 1 saturated heterocycles. The summed E-state index contributed by atoms with van der Waals surface area (Å²) >= 11 is 0. The van der Waals surface area contributed by atoms with Crippen molar-refractivity contribution in [2.24, 2.45) is 0 Å². The molecule has 2 rings (SSSR count). The van der Waals surface area contributed by atoms with Gasteiger partial charge in [-0.1, -0.05) is 19.1 Å². The van der Waals surface area contributed by atoms with Gasteiger partial charge < -0.3 is 0 Å². The molecule has 1 fully saturated rings. The van der Waals surface area contributed by atoms with Crippen LogP contribution in [0.5, 0.6) is 0 Å². The summed E-state index contributed by atoms with van der Waals surface area (Å²) in [6.45, 7) is 3.12. The molecule has 1 heterocycles. The maximum absolute atomic E-state index is 12.8. The Morgan fingerprint density at radius 3 is 2.50 bits per heavy atom. The monoisotopic (exact) mass is 250 g/mol. The van der Waals surface area contributed by atoms with E-state index in [-0.39, 0.29) is 24.1 Å². The van der Waals surface area contributed by atoms with Gasteiger partial charge in [0.2, 0.25) is 11.8 Å². The van der Waals surface area contributed by atoms with Crippen molar-refractivity contribution in [1.82, 2.24) is 10.2 Å². The van der Waals surface area contributed by atoms with E-state index >= 15 is 0 Å². The molecule has 0 aliphatic carbocycles. The molecule has 1 N–H and O–H groups in total. The largest absolute Gasteiger partial charge is 0.295 e. The fourth-order valence-electron chi connectivity index (χ4n) is 2.10. The first-order chi connectivity index (χ1) is 8.60. The van der Waals surface area contributed by atoms with E-state index in [1.54, 1.807) is 12.1 Å². The summed E-state index contributed by atoms with van der Waals surface area (Å²) in [5, 5.41) is 2.30. The minimum Gasteiger partial charge on any atom is -0.295 e. The average Bonchev–Trinajstić information content (AvgIpc) is 2.68. The Morgan fingerprint density at radius 1 is 1.33 bits per heavy atom. The van der Waals surface area contributed by atoms with Crippen molar-refractivity contribution in [2.45, 2.75) is 25.9 Å². The molecule has 0 saturated carbocycles. The van der Waals surface area contributed by atoms with Gasteiger partial charge in [0, 0.05) is 6.54 Å². The van der Waals surface area contributed by atoms with Gasteiger partial charge >= 0.3 is 0 Å². The molecule has 1 aromatic rings. The number of likely N-dealkylation sites (N-methyl/N-ethyl adjacent to an activating group) is 1. The summed E-state index contributed by atoms with van der Waals surface area (Å²) in [6, 6.07) is 5.75. The lowest BCUT2D eigenvalue weighted by Crippen LogP contribution is -2.40. The van der Waals surface area contributed by atoms with Gasteiger partial charge in [0.15, 0.2) is 0 Å². The third kappa shape index (κ3) is 2.73. The molecule has 18 heavy (non-hydrogen) atoms. The second-order valence-electron chi connectivity index (χ2n) is 4.32. The maximum Gasteiger partial charge on any atom is 0.244 e.